The number of benzene rings is 1. The number of anilines is 1. The summed E-state index contributed by atoms with van der Waals surface area (Å²) in [5.74, 6) is 1.71. The second-order valence-electron chi connectivity index (χ2n) is 7.16. The number of aliphatic hydroxyl groups excluding tert-OH is 1. The molecule has 1 saturated heterocycles. The lowest BCUT2D eigenvalue weighted by Gasteiger charge is -2.18. The van der Waals surface area contributed by atoms with Crippen molar-refractivity contribution in [1.29, 1.82) is 0 Å². The Balaban J connectivity index is 1.77. The minimum Gasteiger partial charge on any atom is -0.491 e. The molecule has 4 rings (SSSR count). The minimum atomic E-state index is -0.275. The molecule has 0 saturated carbocycles. The van der Waals surface area contributed by atoms with Crippen molar-refractivity contribution < 1.29 is 9.84 Å². The van der Waals surface area contributed by atoms with Crippen molar-refractivity contribution >= 4 is 16.7 Å². The van der Waals surface area contributed by atoms with Crippen LogP contribution >= 0.6 is 0 Å². The van der Waals surface area contributed by atoms with Gasteiger partial charge in [-0.3, -0.25) is 0 Å². The van der Waals surface area contributed by atoms with Crippen LogP contribution in [0.2, 0.25) is 0 Å². The Morgan fingerprint density at radius 3 is 2.81 bits per heavy atom. The quantitative estimate of drug-likeness (QED) is 0.782. The normalized spacial score (nSPS) is 17.4. The Morgan fingerprint density at radius 1 is 1.23 bits per heavy atom. The van der Waals surface area contributed by atoms with E-state index in [1.165, 1.54) is 0 Å². The third kappa shape index (κ3) is 3.12. The summed E-state index contributed by atoms with van der Waals surface area (Å²) in [7, 11) is 0. The van der Waals surface area contributed by atoms with Gasteiger partial charge in [-0.15, -0.1) is 0 Å². The maximum absolute atomic E-state index is 9.81. The second kappa shape index (κ2) is 6.61. The van der Waals surface area contributed by atoms with E-state index in [9.17, 15) is 5.11 Å². The van der Waals surface area contributed by atoms with E-state index in [2.05, 4.69) is 21.0 Å². The van der Waals surface area contributed by atoms with Crippen molar-refractivity contribution in [2.75, 3.05) is 18.0 Å². The van der Waals surface area contributed by atoms with E-state index in [4.69, 9.17) is 4.74 Å². The molecular weight excluding hydrogens is 328 g/mol. The van der Waals surface area contributed by atoms with Crippen LogP contribution in [-0.2, 0) is 0 Å². The van der Waals surface area contributed by atoms with Crippen LogP contribution < -0.4 is 9.64 Å². The zero-order valence-corrected chi connectivity index (χ0v) is 15.4. The lowest BCUT2D eigenvalue weighted by Crippen LogP contribution is -2.22. The summed E-state index contributed by atoms with van der Waals surface area (Å²) < 4.78 is 7.78. The van der Waals surface area contributed by atoms with Crippen LogP contribution in [-0.4, -0.2) is 45.2 Å². The van der Waals surface area contributed by atoms with Crippen LogP contribution in [0.1, 0.15) is 25.8 Å². The number of fused-ring (bicyclic) bond motifs is 1. The van der Waals surface area contributed by atoms with Gasteiger partial charge >= 0.3 is 0 Å². The first-order valence-corrected chi connectivity index (χ1v) is 9.06. The molecule has 136 valence electrons. The van der Waals surface area contributed by atoms with Crippen molar-refractivity contribution in [2.45, 2.75) is 39.4 Å². The molecule has 1 atom stereocenters. The molecule has 6 nitrogen and oxygen atoms in total. The molecule has 2 aromatic heterocycles. The molecule has 3 aromatic rings. The zero-order chi connectivity index (χ0) is 18.3. The molecule has 0 aliphatic carbocycles. The highest BCUT2D eigenvalue weighted by molar-refractivity contribution is 5.82. The molecule has 1 aromatic carbocycles. The van der Waals surface area contributed by atoms with Crippen LogP contribution in [0.4, 0.5) is 5.82 Å². The van der Waals surface area contributed by atoms with E-state index < -0.39 is 0 Å². The average molecular weight is 352 g/mol. The van der Waals surface area contributed by atoms with Gasteiger partial charge in [-0.2, -0.15) is 5.10 Å². The fraction of sp³-hybridized carbons (Fsp3) is 0.400. The number of rotatable bonds is 4. The van der Waals surface area contributed by atoms with E-state index in [-0.39, 0.29) is 12.2 Å². The van der Waals surface area contributed by atoms with Gasteiger partial charge in [0.25, 0.3) is 0 Å². The van der Waals surface area contributed by atoms with Crippen LogP contribution in [0.25, 0.3) is 16.6 Å². The maximum atomic E-state index is 9.81. The van der Waals surface area contributed by atoms with E-state index in [1.54, 1.807) is 0 Å². The summed E-state index contributed by atoms with van der Waals surface area (Å²) in [6, 6.07) is 8.09. The minimum absolute atomic E-state index is 0.125. The summed E-state index contributed by atoms with van der Waals surface area (Å²) >= 11 is 0. The van der Waals surface area contributed by atoms with Crippen molar-refractivity contribution in [2.24, 2.45) is 0 Å². The molecule has 0 radical (unpaired) electrons. The van der Waals surface area contributed by atoms with Gasteiger partial charge in [0.15, 0.2) is 0 Å². The molecule has 3 heterocycles. The zero-order valence-electron chi connectivity index (χ0n) is 15.4. The lowest BCUT2D eigenvalue weighted by molar-refractivity contribution is 0.198. The molecule has 6 heteroatoms. The first kappa shape index (κ1) is 16.8. The number of hydrogen-bond acceptors (Lipinski definition) is 5. The van der Waals surface area contributed by atoms with Crippen LogP contribution in [0.3, 0.4) is 0 Å². The number of aromatic nitrogens is 3. The molecule has 1 aliphatic rings. The molecular formula is C20H24N4O2. The number of aliphatic hydroxyl groups is 1. The van der Waals surface area contributed by atoms with Gasteiger partial charge in [-0.25, -0.2) is 9.67 Å². The van der Waals surface area contributed by atoms with Crippen LogP contribution in [0.15, 0.2) is 36.7 Å². The average Bonchev–Trinajstić information content (AvgIpc) is 3.21. The van der Waals surface area contributed by atoms with Crippen molar-refractivity contribution in [1.82, 2.24) is 14.8 Å². The van der Waals surface area contributed by atoms with Gasteiger partial charge in [0, 0.05) is 36.8 Å². The highest BCUT2D eigenvalue weighted by atomic mass is 16.5. The Hall–Kier alpha value is -2.60. The van der Waals surface area contributed by atoms with Gasteiger partial charge in [0.2, 0.25) is 0 Å². The third-order valence-electron chi connectivity index (χ3n) is 4.69. The number of nitrogens with zero attached hydrogens (tertiary/aromatic N) is 4. The molecule has 0 amide bonds. The topological polar surface area (TPSA) is 63.4 Å². The largest absolute Gasteiger partial charge is 0.491 e. The van der Waals surface area contributed by atoms with Gasteiger partial charge in [0.1, 0.15) is 11.6 Å². The van der Waals surface area contributed by atoms with Crippen LogP contribution in [0, 0.1) is 6.92 Å². The number of hydrogen-bond donors (Lipinski definition) is 1. The first-order valence-electron chi connectivity index (χ1n) is 9.06. The molecule has 1 aliphatic heterocycles. The SMILES string of the molecule is Cc1cnc(N2CCC(O)C2)cc1-n1ncc2ccc(OC(C)C)cc21. The van der Waals surface area contributed by atoms with E-state index >= 15 is 0 Å². The third-order valence-corrected chi connectivity index (χ3v) is 4.69. The molecule has 0 spiro atoms. The Morgan fingerprint density at radius 2 is 2.08 bits per heavy atom. The Bertz CT molecular complexity index is 935. The van der Waals surface area contributed by atoms with Gasteiger partial charge in [-0.05, 0) is 44.9 Å². The summed E-state index contributed by atoms with van der Waals surface area (Å²) in [4.78, 5) is 6.67. The molecule has 1 fully saturated rings. The monoisotopic (exact) mass is 352 g/mol. The standard InChI is InChI=1S/C20H24N4O2/c1-13(2)26-17-5-4-15-11-22-24(19(15)8-17)18-9-20(21-10-14(18)3)23-7-6-16(25)12-23/h4-5,8-11,13,16,25H,6-7,12H2,1-3H3. The van der Waals surface area contributed by atoms with E-state index in [0.717, 1.165) is 46.7 Å². The highest BCUT2D eigenvalue weighted by Gasteiger charge is 2.22. The van der Waals surface area contributed by atoms with Gasteiger partial charge < -0.3 is 14.7 Å². The predicted molar refractivity (Wildman–Crippen MR) is 102 cm³/mol. The molecule has 26 heavy (non-hydrogen) atoms. The van der Waals surface area contributed by atoms with Gasteiger partial charge in [0.05, 0.1) is 29.6 Å². The Kier molecular flexibility index (Phi) is 4.28. The fourth-order valence-corrected chi connectivity index (χ4v) is 3.39. The molecule has 0 bridgehead atoms. The van der Waals surface area contributed by atoms with Crippen molar-refractivity contribution in [3.63, 3.8) is 0 Å². The summed E-state index contributed by atoms with van der Waals surface area (Å²) in [6.07, 6.45) is 4.37. The molecule has 1 N–H and O–H groups in total. The summed E-state index contributed by atoms with van der Waals surface area (Å²) in [5.41, 5.74) is 3.05. The fourth-order valence-electron chi connectivity index (χ4n) is 3.39. The van der Waals surface area contributed by atoms with Crippen molar-refractivity contribution in [3.8, 4) is 11.4 Å². The first-order chi connectivity index (χ1) is 12.5. The smallest absolute Gasteiger partial charge is 0.130 e. The summed E-state index contributed by atoms with van der Waals surface area (Å²) in [5, 5.41) is 15.5. The summed E-state index contributed by atoms with van der Waals surface area (Å²) in [6.45, 7) is 7.52. The van der Waals surface area contributed by atoms with E-state index in [0.29, 0.717) is 6.54 Å². The second-order valence-corrected chi connectivity index (χ2v) is 7.16. The van der Waals surface area contributed by atoms with Gasteiger partial charge in [-0.1, -0.05) is 0 Å². The van der Waals surface area contributed by atoms with Crippen LogP contribution in [0.5, 0.6) is 5.75 Å². The predicted octanol–water partition coefficient (Wildman–Crippen LogP) is 3.09. The lowest BCUT2D eigenvalue weighted by atomic mass is 10.2. The highest BCUT2D eigenvalue weighted by Crippen LogP contribution is 2.28. The molecule has 1 unspecified atom stereocenters. The van der Waals surface area contributed by atoms with E-state index in [1.807, 2.05) is 56.0 Å². The number of pyridine rings is 1. The van der Waals surface area contributed by atoms with Crippen molar-refractivity contribution in [3.05, 3.63) is 42.2 Å². The number of ether oxygens (including phenoxy) is 1. The Labute approximate surface area is 153 Å². The number of β-amino-alcohol motifs (C(OH)–C–C–N with tert-alkyl or cyclic N) is 1. The maximum Gasteiger partial charge on any atom is 0.130 e. The number of aryl methyl sites for hydroxylation is 1.